The van der Waals surface area contributed by atoms with E-state index in [0.29, 0.717) is 17.6 Å². The Morgan fingerprint density at radius 3 is 2.67 bits per heavy atom. The van der Waals surface area contributed by atoms with Crippen LogP contribution in [-0.4, -0.2) is 11.0 Å². The van der Waals surface area contributed by atoms with Crippen LogP contribution in [0.3, 0.4) is 0 Å². The lowest BCUT2D eigenvalue weighted by molar-refractivity contribution is 0.509. The third-order valence-electron chi connectivity index (χ3n) is 2.43. The van der Waals surface area contributed by atoms with Crippen LogP contribution in [0.4, 0.5) is 11.5 Å². The third kappa shape index (κ3) is 3.38. The van der Waals surface area contributed by atoms with Crippen LogP contribution in [0.15, 0.2) is 16.7 Å². The van der Waals surface area contributed by atoms with Gasteiger partial charge in [-0.3, -0.25) is 0 Å². The van der Waals surface area contributed by atoms with Crippen LogP contribution in [0.25, 0.3) is 0 Å². The molecule has 1 atom stereocenters. The number of aromatic nitrogens is 1. The van der Waals surface area contributed by atoms with Gasteiger partial charge < -0.3 is 11.1 Å². The van der Waals surface area contributed by atoms with Gasteiger partial charge in [-0.25, -0.2) is 4.98 Å². The van der Waals surface area contributed by atoms with Crippen LogP contribution in [-0.2, 0) is 0 Å². The van der Waals surface area contributed by atoms with Crippen LogP contribution in [0.5, 0.6) is 0 Å². The maximum Gasteiger partial charge on any atom is 0.140 e. The number of nitrogen functional groups attached to an aromatic ring is 1. The molecular formula is C11H18BrN3. The lowest BCUT2D eigenvalue weighted by Crippen LogP contribution is -2.25. The molecule has 1 aromatic rings. The molecule has 0 saturated carbocycles. The topological polar surface area (TPSA) is 50.9 Å². The predicted molar refractivity (Wildman–Crippen MR) is 68.9 cm³/mol. The number of hydrogen-bond donors (Lipinski definition) is 2. The molecule has 0 fully saturated rings. The molecule has 0 aromatic carbocycles. The zero-order chi connectivity index (χ0) is 11.4. The highest BCUT2D eigenvalue weighted by Gasteiger charge is 2.12. The third-order valence-corrected chi connectivity index (χ3v) is 3.03. The van der Waals surface area contributed by atoms with Crippen LogP contribution >= 0.6 is 15.9 Å². The molecule has 0 aliphatic rings. The van der Waals surface area contributed by atoms with Crippen LogP contribution < -0.4 is 11.1 Å². The van der Waals surface area contributed by atoms with E-state index in [9.17, 15) is 0 Å². The van der Waals surface area contributed by atoms with Crippen molar-refractivity contribution in [2.75, 3.05) is 11.1 Å². The average Bonchev–Trinajstić information content (AvgIpc) is 2.16. The van der Waals surface area contributed by atoms with Gasteiger partial charge in [0.15, 0.2) is 0 Å². The van der Waals surface area contributed by atoms with Crippen molar-refractivity contribution in [3.05, 3.63) is 16.7 Å². The molecule has 15 heavy (non-hydrogen) atoms. The largest absolute Gasteiger partial charge is 0.397 e. The molecule has 0 aliphatic heterocycles. The zero-order valence-electron chi connectivity index (χ0n) is 9.42. The second kappa shape index (κ2) is 5.35. The van der Waals surface area contributed by atoms with E-state index in [1.54, 1.807) is 6.20 Å². The van der Waals surface area contributed by atoms with Gasteiger partial charge in [0, 0.05) is 6.04 Å². The number of nitrogens with zero attached hydrogens (tertiary/aromatic N) is 1. The number of nitrogens with one attached hydrogen (secondary N) is 1. The van der Waals surface area contributed by atoms with E-state index >= 15 is 0 Å². The molecule has 3 nitrogen and oxygen atoms in total. The van der Waals surface area contributed by atoms with E-state index in [0.717, 1.165) is 16.7 Å². The van der Waals surface area contributed by atoms with Gasteiger partial charge in [-0.05, 0) is 34.3 Å². The van der Waals surface area contributed by atoms with Crippen molar-refractivity contribution in [2.24, 2.45) is 5.92 Å². The average molecular weight is 272 g/mol. The summed E-state index contributed by atoms with van der Waals surface area (Å²) in [5.41, 5.74) is 6.30. The number of anilines is 2. The van der Waals surface area contributed by atoms with Crippen molar-refractivity contribution < 1.29 is 0 Å². The van der Waals surface area contributed by atoms with Crippen molar-refractivity contribution in [2.45, 2.75) is 33.2 Å². The Labute approximate surface area is 99.6 Å². The number of halogens is 1. The van der Waals surface area contributed by atoms with E-state index in [4.69, 9.17) is 5.73 Å². The monoisotopic (exact) mass is 271 g/mol. The first kappa shape index (κ1) is 12.3. The molecule has 0 radical (unpaired) electrons. The van der Waals surface area contributed by atoms with Gasteiger partial charge in [0.1, 0.15) is 5.82 Å². The molecule has 0 spiro atoms. The van der Waals surface area contributed by atoms with E-state index in [1.165, 1.54) is 0 Å². The summed E-state index contributed by atoms with van der Waals surface area (Å²) in [6.45, 7) is 6.57. The predicted octanol–water partition coefficient (Wildman–Crippen LogP) is 3.27. The lowest BCUT2D eigenvalue weighted by atomic mass is 10.0. The maximum absolute atomic E-state index is 5.63. The summed E-state index contributed by atoms with van der Waals surface area (Å²) in [6.07, 6.45) is 2.75. The van der Waals surface area contributed by atoms with Crippen molar-refractivity contribution in [1.29, 1.82) is 0 Å². The highest BCUT2D eigenvalue weighted by atomic mass is 79.9. The van der Waals surface area contributed by atoms with Gasteiger partial charge >= 0.3 is 0 Å². The fourth-order valence-corrected chi connectivity index (χ4v) is 1.96. The fraction of sp³-hybridized carbons (Fsp3) is 0.545. The first-order chi connectivity index (χ1) is 7.04. The quantitative estimate of drug-likeness (QED) is 0.884. The number of pyridine rings is 1. The Morgan fingerprint density at radius 1 is 1.53 bits per heavy atom. The Morgan fingerprint density at radius 2 is 2.20 bits per heavy atom. The second-order valence-electron chi connectivity index (χ2n) is 4.00. The highest BCUT2D eigenvalue weighted by molar-refractivity contribution is 9.10. The van der Waals surface area contributed by atoms with E-state index in [1.807, 2.05) is 6.07 Å². The summed E-state index contributed by atoms with van der Waals surface area (Å²) in [4.78, 5) is 4.26. The lowest BCUT2D eigenvalue weighted by Gasteiger charge is -2.21. The molecule has 4 heteroatoms. The number of rotatable bonds is 4. The molecule has 3 N–H and O–H groups in total. The standard InChI is InChI=1S/C11H18BrN3/c1-4-10(7(2)3)15-11-9(12)5-8(13)6-14-11/h5-7,10H,4,13H2,1-3H3,(H,14,15). The summed E-state index contributed by atoms with van der Waals surface area (Å²) < 4.78 is 0.918. The van der Waals surface area contributed by atoms with Crippen LogP contribution in [0, 0.1) is 5.92 Å². The van der Waals surface area contributed by atoms with Gasteiger partial charge in [0.2, 0.25) is 0 Å². The summed E-state index contributed by atoms with van der Waals surface area (Å²) in [5.74, 6) is 1.45. The van der Waals surface area contributed by atoms with Crippen molar-refractivity contribution >= 4 is 27.4 Å². The summed E-state index contributed by atoms with van der Waals surface area (Å²) in [6, 6.07) is 2.31. The first-order valence-corrected chi connectivity index (χ1v) is 6.01. The molecule has 0 amide bonds. The fourth-order valence-electron chi connectivity index (χ4n) is 1.47. The Bertz CT molecular complexity index is 326. The van der Waals surface area contributed by atoms with Gasteiger partial charge in [0.05, 0.1) is 16.4 Å². The minimum atomic E-state index is 0.442. The highest BCUT2D eigenvalue weighted by Crippen LogP contribution is 2.24. The van der Waals surface area contributed by atoms with Gasteiger partial charge in [-0.15, -0.1) is 0 Å². The molecule has 1 aromatic heterocycles. The van der Waals surface area contributed by atoms with E-state index in [2.05, 4.69) is 47.0 Å². The molecular weight excluding hydrogens is 254 g/mol. The van der Waals surface area contributed by atoms with Crippen LogP contribution in [0.1, 0.15) is 27.2 Å². The van der Waals surface area contributed by atoms with Crippen LogP contribution in [0.2, 0.25) is 0 Å². The van der Waals surface area contributed by atoms with Crippen molar-refractivity contribution in [3.63, 3.8) is 0 Å². The molecule has 0 aliphatic carbocycles. The normalized spacial score (nSPS) is 12.9. The summed E-state index contributed by atoms with van der Waals surface area (Å²) in [7, 11) is 0. The first-order valence-electron chi connectivity index (χ1n) is 5.22. The minimum Gasteiger partial charge on any atom is -0.397 e. The number of hydrogen-bond acceptors (Lipinski definition) is 3. The Kier molecular flexibility index (Phi) is 4.39. The summed E-state index contributed by atoms with van der Waals surface area (Å²) >= 11 is 3.45. The Hall–Kier alpha value is -0.770. The Balaban J connectivity index is 2.79. The van der Waals surface area contributed by atoms with Crippen molar-refractivity contribution in [3.8, 4) is 0 Å². The molecule has 1 rings (SSSR count). The van der Waals surface area contributed by atoms with E-state index in [-0.39, 0.29) is 0 Å². The minimum absolute atomic E-state index is 0.442. The SMILES string of the molecule is CCC(Nc1ncc(N)cc1Br)C(C)C. The second-order valence-corrected chi connectivity index (χ2v) is 4.86. The number of nitrogens with two attached hydrogens (primary N) is 1. The molecule has 1 heterocycles. The van der Waals surface area contributed by atoms with Crippen molar-refractivity contribution in [1.82, 2.24) is 4.98 Å². The zero-order valence-corrected chi connectivity index (χ0v) is 11.0. The smallest absolute Gasteiger partial charge is 0.140 e. The molecule has 84 valence electrons. The summed E-state index contributed by atoms with van der Waals surface area (Å²) in [5, 5.41) is 3.41. The molecule has 0 bridgehead atoms. The molecule has 0 saturated heterocycles. The van der Waals surface area contributed by atoms with Gasteiger partial charge in [0.25, 0.3) is 0 Å². The maximum atomic E-state index is 5.63. The van der Waals surface area contributed by atoms with Gasteiger partial charge in [-0.2, -0.15) is 0 Å². The van der Waals surface area contributed by atoms with E-state index < -0.39 is 0 Å². The molecule has 1 unspecified atom stereocenters. The van der Waals surface area contributed by atoms with Gasteiger partial charge in [-0.1, -0.05) is 20.8 Å².